The zero-order valence-corrected chi connectivity index (χ0v) is 12.9. The SMILES string of the molecule is COc1cccc(F)c1C(O)CCN(C)C1CCOC1C. The number of hydrogen-bond donors (Lipinski definition) is 1. The normalized spacial score (nSPS) is 23.5. The first-order valence-electron chi connectivity index (χ1n) is 7.37. The molecule has 3 atom stereocenters. The van der Waals surface area contributed by atoms with Gasteiger partial charge in [0.25, 0.3) is 0 Å². The van der Waals surface area contributed by atoms with Crippen molar-refractivity contribution in [3.8, 4) is 5.75 Å². The summed E-state index contributed by atoms with van der Waals surface area (Å²) in [5.74, 6) is -0.0372. The lowest BCUT2D eigenvalue weighted by molar-refractivity contribution is 0.0741. The number of ether oxygens (including phenoxy) is 2. The Labute approximate surface area is 125 Å². The van der Waals surface area contributed by atoms with Gasteiger partial charge in [-0.2, -0.15) is 0 Å². The lowest BCUT2D eigenvalue weighted by Crippen LogP contribution is -2.37. The monoisotopic (exact) mass is 297 g/mol. The van der Waals surface area contributed by atoms with E-state index >= 15 is 0 Å². The molecule has 0 bridgehead atoms. The van der Waals surface area contributed by atoms with Gasteiger partial charge in [0.2, 0.25) is 0 Å². The predicted molar refractivity (Wildman–Crippen MR) is 79.0 cm³/mol. The van der Waals surface area contributed by atoms with Crippen molar-refractivity contribution < 1.29 is 19.0 Å². The van der Waals surface area contributed by atoms with Crippen LogP contribution in [0.15, 0.2) is 18.2 Å². The van der Waals surface area contributed by atoms with Crippen molar-refractivity contribution in [1.82, 2.24) is 4.90 Å². The Bertz CT molecular complexity index is 469. The van der Waals surface area contributed by atoms with Gasteiger partial charge in [0.15, 0.2) is 0 Å². The van der Waals surface area contributed by atoms with Crippen molar-refractivity contribution in [1.29, 1.82) is 0 Å². The van der Waals surface area contributed by atoms with E-state index in [4.69, 9.17) is 9.47 Å². The van der Waals surface area contributed by atoms with Gasteiger partial charge in [-0.05, 0) is 38.9 Å². The highest BCUT2D eigenvalue weighted by Gasteiger charge is 2.28. The number of methoxy groups -OCH3 is 1. The van der Waals surface area contributed by atoms with Crippen molar-refractivity contribution in [3.05, 3.63) is 29.6 Å². The van der Waals surface area contributed by atoms with Crippen LogP contribution >= 0.6 is 0 Å². The van der Waals surface area contributed by atoms with Crippen LogP contribution in [0.2, 0.25) is 0 Å². The fraction of sp³-hybridized carbons (Fsp3) is 0.625. The Balaban J connectivity index is 1.97. The second kappa shape index (κ2) is 7.20. The number of rotatable bonds is 6. The highest BCUT2D eigenvalue weighted by molar-refractivity contribution is 5.36. The largest absolute Gasteiger partial charge is 0.496 e. The van der Waals surface area contributed by atoms with E-state index in [1.54, 1.807) is 12.1 Å². The summed E-state index contributed by atoms with van der Waals surface area (Å²) >= 11 is 0. The number of benzene rings is 1. The van der Waals surface area contributed by atoms with Crippen molar-refractivity contribution >= 4 is 0 Å². The lowest BCUT2D eigenvalue weighted by atomic mass is 10.0. The van der Waals surface area contributed by atoms with E-state index in [0.29, 0.717) is 24.8 Å². The topological polar surface area (TPSA) is 41.9 Å². The second-order valence-corrected chi connectivity index (χ2v) is 5.57. The number of aliphatic hydroxyl groups excluding tert-OH is 1. The van der Waals surface area contributed by atoms with E-state index in [1.807, 2.05) is 7.05 Å². The second-order valence-electron chi connectivity index (χ2n) is 5.57. The molecule has 1 saturated heterocycles. The molecule has 1 heterocycles. The first kappa shape index (κ1) is 16.2. The van der Waals surface area contributed by atoms with Gasteiger partial charge >= 0.3 is 0 Å². The Morgan fingerprint density at radius 2 is 2.29 bits per heavy atom. The van der Waals surface area contributed by atoms with Crippen LogP contribution in [-0.4, -0.2) is 49.5 Å². The molecule has 4 nitrogen and oxygen atoms in total. The van der Waals surface area contributed by atoms with Gasteiger partial charge in [0.05, 0.1) is 24.9 Å². The maximum atomic E-state index is 13.9. The number of aliphatic hydroxyl groups is 1. The lowest BCUT2D eigenvalue weighted by Gasteiger charge is -2.27. The first-order valence-corrected chi connectivity index (χ1v) is 7.37. The summed E-state index contributed by atoms with van der Waals surface area (Å²) in [6.45, 7) is 3.52. The van der Waals surface area contributed by atoms with Crippen molar-refractivity contribution in [3.63, 3.8) is 0 Å². The summed E-state index contributed by atoms with van der Waals surface area (Å²) in [7, 11) is 3.50. The minimum absolute atomic E-state index is 0.204. The molecule has 2 rings (SSSR count). The molecule has 3 unspecified atom stereocenters. The molecule has 118 valence electrons. The van der Waals surface area contributed by atoms with E-state index in [-0.39, 0.29) is 11.7 Å². The molecule has 1 aromatic rings. The highest BCUT2D eigenvalue weighted by atomic mass is 19.1. The Morgan fingerprint density at radius 3 is 2.90 bits per heavy atom. The fourth-order valence-electron chi connectivity index (χ4n) is 2.95. The standard InChI is InChI=1S/C16H24FNO3/c1-11-13(8-10-21-11)18(2)9-7-14(19)16-12(17)5-4-6-15(16)20-3/h4-6,11,13-14,19H,7-10H2,1-3H3. The van der Waals surface area contributed by atoms with Crippen molar-refractivity contribution in [2.24, 2.45) is 0 Å². The van der Waals surface area contributed by atoms with Crippen LogP contribution in [0.25, 0.3) is 0 Å². The minimum Gasteiger partial charge on any atom is -0.496 e. The Hall–Kier alpha value is -1.17. The molecule has 0 aliphatic carbocycles. The molecule has 21 heavy (non-hydrogen) atoms. The van der Waals surface area contributed by atoms with Crippen LogP contribution in [-0.2, 0) is 4.74 Å². The van der Waals surface area contributed by atoms with E-state index < -0.39 is 11.9 Å². The van der Waals surface area contributed by atoms with Gasteiger partial charge in [-0.25, -0.2) is 4.39 Å². The van der Waals surface area contributed by atoms with Crippen molar-refractivity contribution in [2.45, 2.75) is 38.0 Å². The molecule has 0 aromatic heterocycles. The first-order chi connectivity index (χ1) is 10.0. The number of likely N-dealkylation sites (N-methyl/N-ethyl adjacent to an activating group) is 1. The van der Waals surface area contributed by atoms with E-state index in [0.717, 1.165) is 13.0 Å². The molecule has 1 aromatic carbocycles. The third-order valence-corrected chi connectivity index (χ3v) is 4.22. The highest BCUT2D eigenvalue weighted by Crippen LogP contribution is 2.30. The molecule has 0 spiro atoms. The van der Waals surface area contributed by atoms with Crippen LogP contribution in [0.5, 0.6) is 5.75 Å². The number of nitrogens with zero attached hydrogens (tertiary/aromatic N) is 1. The van der Waals surface area contributed by atoms with Gasteiger partial charge in [-0.1, -0.05) is 6.07 Å². The minimum atomic E-state index is -0.874. The molecule has 1 fully saturated rings. The van der Waals surface area contributed by atoms with Gasteiger partial charge in [0.1, 0.15) is 11.6 Å². The summed E-state index contributed by atoms with van der Waals surface area (Å²) in [6, 6.07) is 4.95. The molecule has 1 aliphatic heterocycles. The predicted octanol–water partition coefficient (Wildman–Crippen LogP) is 2.37. The van der Waals surface area contributed by atoms with Gasteiger partial charge in [0, 0.05) is 19.2 Å². The van der Waals surface area contributed by atoms with Crippen LogP contribution in [0, 0.1) is 5.82 Å². The summed E-state index contributed by atoms with van der Waals surface area (Å²) in [5.41, 5.74) is 0.240. The Morgan fingerprint density at radius 1 is 1.52 bits per heavy atom. The molecule has 1 aliphatic rings. The zero-order valence-electron chi connectivity index (χ0n) is 12.9. The smallest absolute Gasteiger partial charge is 0.132 e. The van der Waals surface area contributed by atoms with E-state index in [1.165, 1.54) is 13.2 Å². The molecular weight excluding hydrogens is 273 g/mol. The maximum Gasteiger partial charge on any atom is 0.132 e. The molecule has 0 amide bonds. The van der Waals surface area contributed by atoms with Gasteiger partial charge in [-0.3, -0.25) is 0 Å². The Kier molecular flexibility index (Phi) is 5.56. The quantitative estimate of drug-likeness (QED) is 0.875. The number of halogens is 1. The van der Waals surface area contributed by atoms with Crippen LogP contribution < -0.4 is 4.74 Å². The van der Waals surface area contributed by atoms with E-state index in [2.05, 4.69) is 11.8 Å². The average molecular weight is 297 g/mol. The zero-order chi connectivity index (χ0) is 15.4. The number of hydrogen-bond acceptors (Lipinski definition) is 4. The van der Waals surface area contributed by atoms with Gasteiger partial charge in [-0.15, -0.1) is 0 Å². The van der Waals surface area contributed by atoms with Crippen molar-refractivity contribution in [2.75, 3.05) is 27.3 Å². The summed E-state index contributed by atoms with van der Waals surface area (Å²) < 4.78 is 24.6. The molecule has 0 radical (unpaired) electrons. The molecule has 0 saturated carbocycles. The van der Waals surface area contributed by atoms with Crippen LogP contribution in [0.1, 0.15) is 31.4 Å². The van der Waals surface area contributed by atoms with Gasteiger partial charge < -0.3 is 19.5 Å². The summed E-state index contributed by atoms with van der Waals surface area (Å²) in [5, 5.41) is 10.3. The average Bonchev–Trinajstić information content (AvgIpc) is 2.90. The molecule has 1 N–H and O–H groups in total. The summed E-state index contributed by atoms with van der Waals surface area (Å²) in [6.07, 6.45) is 0.782. The fourth-order valence-corrected chi connectivity index (χ4v) is 2.95. The van der Waals surface area contributed by atoms with Crippen LogP contribution in [0.4, 0.5) is 4.39 Å². The summed E-state index contributed by atoms with van der Waals surface area (Å²) in [4.78, 5) is 2.17. The third kappa shape index (κ3) is 3.73. The third-order valence-electron chi connectivity index (χ3n) is 4.22. The molecule has 5 heteroatoms. The molecular formula is C16H24FNO3. The maximum absolute atomic E-state index is 13.9. The van der Waals surface area contributed by atoms with E-state index in [9.17, 15) is 9.50 Å². The van der Waals surface area contributed by atoms with Crippen LogP contribution in [0.3, 0.4) is 0 Å².